The van der Waals surface area contributed by atoms with Crippen molar-refractivity contribution in [3.05, 3.63) is 108 Å². The van der Waals surface area contributed by atoms with Crippen LogP contribution in [-0.4, -0.2) is 9.97 Å². The molecule has 6 aromatic rings. The second-order valence-corrected chi connectivity index (χ2v) is 8.59. The van der Waals surface area contributed by atoms with Crippen LogP contribution in [0, 0.1) is 11.6 Å². The molecule has 0 saturated carbocycles. The first kappa shape index (κ1) is 21.1. The number of aromatic nitrogens is 2. The molecule has 170 valence electrons. The summed E-state index contributed by atoms with van der Waals surface area (Å²) in [7, 11) is 0. The van der Waals surface area contributed by atoms with Gasteiger partial charge < -0.3 is 9.97 Å². The zero-order chi connectivity index (χ0) is 24.1. The van der Waals surface area contributed by atoms with Crippen molar-refractivity contribution in [2.75, 3.05) is 0 Å². The number of allylic oxidation sites excluding steroid dienone is 1. The summed E-state index contributed by atoms with van der Waals surface area (Å²) in [5, 5.41) is 3.12. The maximum Gasteiger partial charge on any atom is 0.123 e. The number of hydrogen-bond acceptors (Lipinski definition) is 0. The average Bonchev–Trinajstić information content (AvgIpc) is 3.43. The van der Waals surface area contributed by atoms with Gasteiger partial charge in [-0.3, -0.25) is 0 Å². The molecule has 0 unspecified atom stereocenters. The fourth-order valence-electron chi connectivity index (χ4n) is 5.14. The lowest BCUT2D eigenvalue weighted by Crippen LogP contribution is -1.91. The third-order valence-electron chi connectivity index (χ3n) is 6.58. The second kappa shape index (κ2) is 8.10. The second-order valence-electron chi connectivity index (χ2n) is 8.59. The van der Waals surface area contributed by atoms with Crippen LogP contribution in [0.25, 0.3) is 67.1 Å². The summed E-state index contributed by atoms with van der Waals surface area (Å²) in [6, 6.07) is 21.3. The molecule has 0 fully saturated rings. The summed E-state index contributed by atoms with van der Waals surface area (Å²) in [6.07, 6.45) is 5.88. The number of para-hydroxylation sites is 1. The van der Waals surface area contributed by atoms with Gasteiger partial charge in [-0.15, -0.1) is 0 Å². The summed E-state index contributed by atoms with van der Waals surface area (Å²) in [6.45, 7) is 6.08. The monoisotopic (exact) mass is 460 g/mol. The van der Waals surface area contributed by atoms with Gasteiger partial charge in [0.2, 0.25) is 0 Å². The Kier molecular flexibility index (Phi) is 4.89. The van der Waals surface area contributed by atoms with E-state index in [1.807, 2.05) is 37.3 Å². The molecule has 2 nitrogen and oxygen atoms in total. The van der Waals surface area contributed by atoms with Crippen molar-refractivity contribution < 1.29 is 8.78 Å². The SMILES string of the molecule is C=Cc1c(/C=C\C)[nH]c2c(-c3ccc(F)cc3)c(-c3ccc(F)cc3)c3c4ccccc4[nH]c3c12. The van der Waals surface area contributed by atoms with Crippen LogP contribution >= 0.6 is 0 Å². The Hall–Kier alpha value is -4.44. The molecular formula is C31H22F2N2. The molecule has 0 saturated heterocycles. The quantitative estimate of drug-likeness (QED) is 0.263. The van der Waals surface area contributed by atoms with Crippen LogP contribution in [0.15, 0.2) is 85.5 Å². The topological polar surface area (TPSA) is 31.6 Å². The number of rotatable bonds is 4. The molecule has 4 aromatic carbocycles. The lowest BCUT2D eigenvalue weighted by molar-refractivity contribution is 0.627. The molecule has 4 heteroatoms. The highest BCUT2D eigenvalue weighted by Gasteiger charge is 2.24. The highest BCUT2D eigenvalue weighted by atomic mass is 19.1. The number of hydrogen-bond donors (Lipinski definition) is 2. The van der Waals surface area contributed by atoms with Crippen LogP contribution in [0.5, 0.6) is 0 Å². The minimum absolute atomic E-state index is 0.294. The van der Waals surface area contributed by atoms with E-state index in [-0.39, 0.29) is 11.6 Å². The highest BCUT2D eigenvalue weighted by molar-refractivity contribution is 6.29. The van der Waals surface area contributed by atoms with Gasteiger partial charge in [-0.1, -0.05) is 61.2 Å². The van der Waals surface area contributed by atoms with Gasteiger partial charge in [0.05, 0.1) is 11.0 Å². The first-order valence-corrected chi connectivity index (χ1v) is 11.5. The Labute approximate surface area is 201 Å². The number of aromatic amines is 2. The molecule has 35 heavy (non-hydrogen) atoms. The number of benzene rings is 4. The summed E-state index contributed by atoms with van der Waals surface area (Å²) in [5.74, 6) is -0.591. The molecule has 0 bridgehead atoms. The smallest absolute Gasteiger partial charge is 0.123 e. The number of fused-ring (bicyclic) bond motifs is 5. The van der Waals surface area contributed by atoms with Gasteiger partial charge in [0.15, 0.2) is 0 Å². The Morgan fingerprint density at radius 1 is 0.714 bits per heavy atom. The van der Waals surface area contributed by atoms with Crippen molar-refractivity contribution in [2.45, 2.75) is 6.92 Å². The number of halogens is 2. The normalized spacial score (nSPS) is 11.9. The lowest BCUT2D eigenvalue weighted by Gasteiger charge is -2.15. The minimum atomic E-state index is -0.297. The van der Waals surface area contributed by atoms with E-state index in [9.17, 15) is 8.78 Å². The van der Waals surface area contributed by atoms with E-state index in [1.165, 1.54) is 24.3 Å². The lowest BCUT2D eigenvalue weighted by atomic mass is 9.88. The van der Waals surface area contributed by atoms with Gasteiger partial charge in [-0.2, -0.15) is 0 Å². The van der Waals surface area contributed by atoms with Gasteiger partial charge in [0.1, 0.15) is 11.6 Å². The van der Waals surface area contributed by atoms with Crippen molar-refractivity contribution in [2.24, 2.45) is 0 Å². The van der Waals surface area contributed by atoms with E-state index < -0.39 is 0 Å². The van der Waals surface area contributed by atoms with Crippen molar-refractivity contribution in [3.63, 3.8) is 0 Å². The zero-order valence-corrected chi connectivity index (χ0v) is 19.1. The molecule has 0 aliphatic rings. The van der Waals surface area contributed by atoms with Gasteiger partial charge in [-0.25, -0.2) is 8.78 Å². The molecule has 0 spiro atoms. The third kappa shape index (κ3) is 3.22. The predicted molar refractivity (Wildman–Crippen MR) is 143 cm³/mol. The first-order valence-electron chi connectivity index (χ1n) is 11.5. The highest BCUT2D eigenvalue weighted by Crippen LogP contribution is 2.48. The average molecular weight is 461 g/mol. The Morgan fingerprint density at radius 2 is 1.34 bits per heavy atom. The van der Waals surface area contributed by atoms with E-state index in [1.54, 1.807) is 24.3 Å². The fourth-order valence-corrected chi connectivity index (χ4v) is 5.14. The predicted octanol–water partition coefficient (Wildman–Crippen LogP) is 9.09. The Morgan fingerprint density at radius 3 is 1.97 bits per heavy atom. The first-order chi connectivity index (χ1) is 17.1. The van der Waals surface area contributed by atoms with Crippen molar-refractivity contribution in [1.29, 1.82) is 0 Å². The molecular weight excluding hydrogens is 438 g/mol. The van der Waals surface area contributed by atoms with E-state index in [0.717, 1.165) is 66.2 Å². The molecule has 0 aliphatic carbocycles. The van der Waals surface area contributed by atoms with Gasteiger partial charge in [-0.05, 0) is 54.5 Å². The van der Waals surface area contributed by atoms with Crippen molar-refractivity contribution >= 4 is 44.9 Å². The van der Waals surface area contributed by atoms with E-state index in [4.69, 9.17) is 0 Å². The van der Waals surface area contributed by atoms with Gasteiger partial charge >= 0.3 is 0 Å². The number of nitrogens with one attached hydrogen (secondary N) is 2. The van der Waals surface area contributed by atoms with Gasteiger partial charge in [0, 0.05) is 44.1 Å². The Bertz CT molecular complexity index is 1770. The fraction of sp³-hybridized carbons (Fsp3) is 0.0323. The molecule has 0 amide bonds. The van der Waals surface area contributed by atoms with Crippen LogP contribution in [0.4, 0.5) is 8.78 Å². The maximum absolute atomic E-state index is 13.9. The molecule has 0 atom stereocenters. The maximum atomic E-state index is 13.9. The van der Waals surface area contributed by atoms with E-state index >= 15 is 0 Å². The zero-order valence-electron chi connectivity index (χ0n) is 19.1. The summed E-state index contributed by atoms with van der Waals surface area (Å²) in [4.78, 5) is 7.24. The van der Waals surface area contributed by atoms with Crippen molar-refractivity contribution in [3.8, 4) is 22.3 Å². The van der Waals surface area contributed by atoms with Crippen LogP contribution in [0.3, 0.4) is 0 Å². The van der Waals surface area contributed by atoms with Crippen LogP contribution in [0.2, 0.25) is 0 Å². The van der Waals surface area contributed by atoms with Crippen molar-refractivity contribution in [1.82, 2.24) is 9.97 Å². The summed E-state index contributed by atoms with van der Waals surface area (Å²) in [5.41, 5.74) is 8.47. The molecule has 0 aliphatic heterocycles. The van der Waals surface area contributed by atoms with E-state index in [2.05, 4.69) is 28.7 Å². The molecule has 6 rings (SSSR count). The largest absolute Gasteiger partial charge is 0.354 e. The van der Waals surface area contributed by atoms with E-state index in [0.29, 0.717) is 0 Å². The van der Waals surface area contributed by atoms with Crippen LogP contribution in [0.1, 0.15) is 18.2 Å². The summed E-state index contributed by atoms with van der Waals surface area (Å²) >= 11 is 0. The molecule has 0 radical (unpaired) electrons. The molecule has 2 N–H and O–H groups in total. The summed E-state index contributed by atoms with van der Waals surface area (Å²) < 4.78 is 27.9. The van der Waals surface area contributed by atoms with Crippen LogP contribution in [-0.2, 0) is 0 Å². The molecule has 2 aromatic heterocycles. The molecule has 2 heterocycles. The number of H-pyrrole nitrogens is 2. The minimum Gasteiger partial charge on any atom is -0.354 e. The van der Waals surface area contributed by atoms with Gasteiger partial charge in [0.25, 0.3) is 0 Å². The standard InChI is InChI=1S/C31H22F2N2/c1-3-7-24-22(4-2)29-30(34-24)27(19-12-16-21(33)17-13-19)26(18-10-14-20(32)15-11-18)28-23-8-5-6-9-25(23)35-31(28)29/h3-17,34-35H,2H2,1H3/b7-3-. The van der Waals surface area contributed by atoms with Crippen LogP contribution < -0.4 is 0 Å². The third-order valence-corrected chi connectivity index (χ3v) is 6.58. The Balaban J connectivity index is 1.93.